The van der Waals surface area contributed by atoms with E-state index >= 15 is 0 Å². The van der Waals surface area contributed by atoms with Gasteiger partial charge in [0, 0.05) is 6.42 Å². The lowest BCUT2D eigenvalue weighted by Crippen LogP contribution is -2.66. The minimum Gasteiger partial charge on any atom is -0.394 e. The first-order valence-corrected chi connectivity index (χ1v) is 33.8. The predicted molar refractivity (Wildman–Crippen MR) is 341 cm³/mol. The Hall–Kier alpha value is -3.03. The summed E-state index contributed by atoms with van der Waals surface area (Å²) < 4.78 is 34.3. The maximum Gasteiger partial charge on any atom is 0.220 e. The number of rotatable bonds is 50. The molecule has 0 saturated carbocycles. The Kier molecular flexibility index (Phi) is 45.5. The molecule has 3 aliphatic rings. The molecule has 0 aromatic rings. The van der Waals surface area contributed by atoms with Crippen molar-refractivity contribution in [1.29, 1.82) is 0 Å². The molecule has 17 unspecified atom stereocenters. The van der Waals surface area contributed by atoms with Crippen LogP contribution in [0.3, 0.4) is 0 Å². The van der Waals surface area contributed by atoms with E-state index < -0.39 is 124 Å². The van der Waals surface area contributed by atoms with Crippen LogP contribution in [0.5, 0.6) is 0 Å². The topological polar surface area (TPSA) is 307 Å². The molecule has 3 aliphatic heterocycles. The summed E-state index contributed by atoms with van der Waals surface area (Å²) in [6.45, 7) is 1.59. The van der Waals surface area contributed by atoms with Gasteiger partial charge in [-0.05, 0) is 77.0 Å². The zero-order chi connectivity index (χ0) is 64.0. The minimum atomic E-state index is -1.98. The molecule has 17 atom stereocenters. The quantitative estimate of drug-likeness (QED) is 0.0201. The van der Waals surface area contributed by atoms with E-state index in [1.807, 2.05) is 6.08 Å². The van der Waals surface area contributed by atoms with Gasteiger partial charge < -0.3 is 89.9 Å². The highest BCUT2D eigenvalue weighted by Gasteiger charge is 2.53. The van der Waals surface area contributed by atoms with Crippen LogP contribution in [-0.2, 0) is 33.2 Å². The van der Waals surface area contributed by atoms with Crippen LogP contribution in [0.25, 0.3) is 0 Å². The number of unbranched alkanes of at least 4 members (excludes halogenated alkanes) is 22. The number of aliphatic hydroxyl groups is 11. The molecule has 88 heavy (non-hydrogen) atoms. The monoisotopic (exact) mass is 1250 g/mol. The molecular weight excluding hydrogens is 1130 g/mol. The van der Waals surface area contributed by atoms with Crippen molar-refractivity contribution in [2.24, 2.45) is 0 Å². The van der Waals surface area contributed by atoms with E-state index in [0.29, 0.717) is 12.8 Å². The van der Waals surface area contributed by atoms with Gasteiger partial charge >= 0.3 is 0 Å². The maximum absolute atomic E-state index is 13.4. The van der Waals surface area contributed by atoms with Gasteiger partial charge in [0.1, 0.15) is 73.2 Å². The van der Waals surface area contributed by atoms with Gasteiger partial charge in [-0.25, -0.2) is 0 Å². The summed E-state index contributed by atoms with van der Waals surface area (Å²) in [6, 6.07) is -0.999. The zero-order valence-electron chi connectivity index (χ0n) is 53.4. The lowest BCUT2D eigenvalue weighted by molar-refractivity contribution is -0.379. The average Bonchev–Trinajstić information content (AvgIpc) is 3.70. The maximum atomic E-state index is 13.4. The van der Waals surface area contributed by atoms with Gasteiger partial charge in [-0.15, -0.1) is 0 Å². The van der Waals surface area contributed by atoms with Crippen LogP contribution < -0.4 is 5.32 Å². The number of carbonyl (C=O) groups excluding carboxylic acids is 1. The Balaban J connectivity index is 1.46. The first-order chi connectivity index (χ1) is 42.8. The molecule has 508 valence electrons. The Bertz CT molecular complexity index is 1930. The van der Waals surface area contributed by atoms with Crippen LogP contribution in [0.4, 0.5) is 0 Å². The third kappa shape index (κ3) is 32.5. The molecule has 3 saturated heterocycles. The van der Waals surface area contributed by atoms with Gasteiger partial charge in [0.15, 0.2) is 18.9 Å². The molecule has 3 heterocycles. The Morgan fingerprint density at radius 1 is 0.420 bits per heavy atom. The number of nitrogens with one attached hydrogen (secondary N) is 1. The average molecular weight is 1250 g/mol. The number of allylic oxidation sites excluding steroid dienone is 13. The fourth-order valence-corrected chi connectivity index (χ4v) is 10.9. The summed E-state index contributed by atoms with van der Waals surface area (Å²) in [6.07, 6.45) is 36.9. The summed E-state index contributed by atoms with van der Waals surface area (Å²) in [7, 11) is 0. The Labute approximate surface area is 527 Å². The van der Waals surface area contributed by atoms with Crippen LogP contribution in [0.1, 0.15) is 213 Å². The molecular formula is C69H119NO18. The summed E-state index contributed by atoms with van der Waals surface area (Å²) in [5, 5.41) is 120. The molecule has 3 rings (SSSR count). The van der Waals surface area contributed by atoms with Gasteiger partial charge in [-0.3, -0.25) is 4.79 Å². The van der Waals surface area contributed by atoms with Crippen molar-refractivity contribution in [3.8, 4) is 0 Å². The first-order valence-electron chi connectivity index (χ1n) is 33.8. The number of hydrogen-bond acceptors (Lipinski definition) is 18. The van der Waals surface area contributed by atoms with Crippen molar-refractivity contribution in [2.45, 2.75) is 317 Å². The molecule has 19 heteroatoms. The van der Waals surface area contributed by atoms with Crippen molar-refractivity contribution in [2.75, 3.05) is 26.4 Å². The van der Waals surface area contributed by atoms with E-state index in [2.05, 4.69) is 92.1 Å². The van der Waals surface area contributed by atoms with Gasteiger partial charge in [0.2, 0.25) is 5.91 Å². The van der Waals surface area contributed by atoms with E-state index in [1.54, 1.807) is 6.08 Å². The van der Waals surface area contributed by atoms with Gasteiger partial charge in [0.05, 0.1) is 38.6 Å². The molecule has 0 radical (unpaired) electrons. The summed E-state index contributed by atoms with van der Waals surface area (Å²) >= 11 is 0. The molecule has 0 aromatic heterocycles. The number of hydrogen-bond donors (Lipinski definition) is 12. The highest BCUT2D eigenvalue weighted by Crippen LogP contribution is 2.33. The first kappa shape index (κ1) is 79.2. The van der Waals surface area contributed by atoms with E-state index in [-0.39, 0.29) is 18.9 Å². The summed E-state index contributed by atoms with van der Waals surface area (Å²) in [4.78, 5) is 13.4. The summed E-state index contributed by atoms with van der Waals surface area (Å²) in [5.41, 5.74) is 0. The molecule has 0 aliphatic carbocycles. The number of carbonyl (C=O) groups is 1. The molecule has 0 spiro atoms. The molecule has 1 amide bonds. The smallest absolute Gasteiger partial charge is 0.220 e. The second-order valence-electron chi connectivity index (χ2n) is 23.9. The van der Waals surface area contributed by atoms with Crippen molar-refractivity contribution in [3.63, 3.8) is 0 Å². The zero-order valence-corrected chi connectivity index (χ0v) is 53.4. The van der Waals surface area contributed by atoms with E-state index in [1.165, 1.54) is 96.3 Å². The number of aliphatic hydroxyl groups excluding tert-OH is 11. The largest absolute Gasteiger partial charge is 0.394 e. The Morgan fingerprint density at radius 2 is 0.795 bits per heavy atom. The molecule has 3 fully saturated rings. The van der Waals surface area contributed by atoms with E-state index in [9.17, 15) is 61.0 Å². The minimum absolute atomic E-state index is 0.223. The molecule has 19 nitrogen and oxygen atoms in total. The normalized spacial score (nSPS) is 28.9. The lowest BCUT2D eigenvalue weighted by Gasteiger charge is -2.48. The van der Waals surface area contributed by atoms with Crippen LogP contribution >= 0.6 is 0 Å². The fraction of sp³-hybridized carbons (Fsp3) is 0.783. The standard InChI is InChI=1S/C69H119NO18/c1-3-5-7-9-11-13-15-17-19-21-23-24-25-26-27-28-29-31-33-35-37-39-41-43-45-47-57(75)70-52(53(74)46-44-42-40-38-36-34-32-30-22-20-18-16-14-12-10-8-6-4-2)51-83-67-63(81)60(78)65(55(49-72)85-67)88-69-64(82)61(79)66(56(50-73)86-69)87-68-62(80)59(77)58(76)54(48-71)84-68/h5,7,11,13,17,19,23-24,26-27,36,38,44,46,52-56,58-69,71-74,76-82H,3-4,6,8-10,12,14-16,18,20-22,25,28-35,37,39-43,45,47-51H2,1-2H3,(H,70,75)/b7-5-,13-11-,19-17-,24-23-,27-26-,38-36+,46-44+. The van der Waals surface area contributed by atoms with Gasteiger partial charge in [-0.1, -0.05) is 214 Å². The van der Waals surface area contributed by atoms with E-state index in [0.717, 1.165) is 83.5 Å². The second-order valence-corrected chi connectivity index (χ2v) is 23.9. The second kappa shape index (κ2) is 50.5. The van der Waals surface area contributed by atoms with E-state index in [4.69, 9.17) is 28.4 Å². The van der Waals surface area contributed by atoms with Gasteiger partial charge in [-0.2, -0.15) is 0 Å². The highest BCUT2D eigenvalue weighted by atomic mass is 16.8. The van der Waals surface area contributed by atoms with Crippen LogP contribution in [0, 0.1) is 0 Å². The van der Waals surface area contributed by atoms with Crippen LogP contribution in [0.2, 0.25) is 0 Å². The van der Waals surface area contributed by atoms with Crippen molar-refractivity contribution < 1.29 is 89.4 Å². The third-order valence-electron chi connectivity index (χ3n) is 16.4. The summed E-state index contributed by atoms with van der Waals surface area (Å²) in [5.74, 6) is -0.295. The van der Waals surface area contributed by atoms with Crippen LogP contribution in [-0.4, -0.2) is 193 Å². The van der Waals surface area contributed by atoms with Crippen molar-refractivity contribution in [1.82, 2.24) is 5.32 Å². The number of ether oxygens (including phenoxy) is 6. The molecule has 0 aromatic carbocycles. The predicted octanol–water partition coefficient (Wildman–Crippen LogP) is 8.32. The Morgan fingerprint density at radius 3 is 1.27 bits per heavy atom. The highest BCUT2D eigenvalue weighted by molar-refractivity contribution is 5.76. The van der Waals surface area contributed by atoms with Crippen molar-refractivity contribution in [3.05, 3.63) is 85.1 Å². The lowest BCUT2D eigenvalue weighted by atomic mass is 9.96. The fourth-order valence-electron chi connectivity index (χ4n) is 10.9. The third-order valence-corrected chi connectivity index (χ3v) is 16.4. The van der Waals surface area contributed by atoms with Crippen molar-refractivity contribution >= 4 is 5.91 Å². The number of amides is 1. The molecule has 12 N–H and O–H groups in total. The molecule has 0 bridgehead atoms. The van der Waals surface area contributed by atoms with Crippen LogP contribution in [0.15, 0.2) is 85.1 Å². The van der Waals surface area contributed by atoms with Gasteiger partial charge in [0.25, 0.3) is 0 Å². The SMILES string of the molecule is CC/C=C\C/C=C\C/C=C\C/C=C\C/C=C\CCCCCCCCCCCC(=O)NC(COC1OC(CO)C(OC2OC(CO)C(OC3OC(CO)C(O)C(O)C3O)C(O)C2O)C(O)C1O)C(O)/C=C/CC/C=C/CCCCCCCCCCCCCC.